The molecule has 2 aromatic rings. The molecule has 0 spiro atoms. The summed E-state index contributed by atoms with van der Waals surface area (Å²) in [5.74, 6) is 1.24. The summed E-state index contributed by atoms with van der Waals surface area (Å²) >= 11 is 0. The maximum Gasteiger partial charge on any atom is 0.247 e. The van der Waals surface area contributed by atoms with E-state index in [0.717, 1.165) is 82.7 Å². The minimum absolute atomic E-state index is 0.281. The van der Waals surface area contributed by atoms with Crippen LogP contribution < -0.4 is 20.9 Å². The van der Waals surface area contributed by atoms with Crippen molar-refractivity contribution in [1.29, 1.82) is 5.26 Å². The normalized spacial score (nSPS) is 17.3. The van der Waals surface area contributed by atoms with Crippen molar-refractivity contribution in [2.24, 2.45) is 10.9 Å². The van der Waals surface area contributed by atoms with Gasteiger partial charge in [0.25, 0.3) is 0 Å². The number of nitriles is 1. The number of anilines is 4. The lowest BCUT2D eigenvalue weighted by molar-refractivity contribution is -0.111. The first-order chi connectivity index (χ1) is 23.2. The van der Waals surface area contributed by atoms with Crippen LogP contribution in [0.15, 0.2) is 83.7 Å². The summed E-state index contributed by atoms with van der Waals surface area (Å²) in [7, 11) is 2.20. The van der Waals surface area contributed by atoms with Crippen LogP contribution in [0.25, 0.3) is 0 Å². The van der Waals surface area contributed by atoms with E-state index in [1.165, 1.54) is 11.6 Å². The third kappa shape index (κ3) is 10.3. The number of likely N-dealkylation sites (N-methyl/N-ethyl adjacent to an activating group) is 1. The lowest BCUT2D eigenvalue weighted by Gasteiger charge is -2.42. The topological polar surface area (TPSA) is 99.0 Å². The van der Waals surface area contributed by atoms with E-state index in [1.807, 2.05) is 43.3 Å². The molecule has 4 rings (SSSR count). The first-order valence-electron chi connectivity index (χ1n) is 17.5. The molecule has 0 aliphatic carbocycles. The SMILES string of the molecule is C=CC(=O)Nc1cc(N2CCC(N3CCN(C)CC3)CC2)ccc1NC(=C\CCC)/N=C(Nc1ccccc1CC(C)C)\C(C#N)=C/C. The molecule has 9 nitrogen and oxygen atoms in total. The Labute approximate surface area is 288 Å². The van der Waals surface area contributed by atoms with Gasteiger partial charge in [-0.3, -0.25) is 9.69 Å². The van der Waals surface area contributed by atoms with Crippen LogP contribution in [0.3, 0.4) is 0 Å². The molecule has 0 bridgehead atoms. The summed E-state index contributed by atoms with van der Waals surface area (Å²) in [4.78, 5) is 25.1. The molecule has 1 amide bonds. The summed E-state index contributed by atoms with van der Waals surface area (Å²) in [6, 6.07) is 17.2. The maximum atomic E-state index is 12.6. The van der Waals surface area contributed by atoms with Gasteiger partial charge < -0.3 is 25.8 Å². The molecule has 0 saturated carbocycles. The van der Waals surface area contributed by atoms with Gasteiger partial charge in [0, 0.05) is 56.7 Å². The quantitative estimate of drug-likeness (QED) is 0.0909. The molecule has 256 valence electrons. The van der Waals surface area contributed by atoms with Crippen molar-refractivity contribution >= 4 is 34.5 Å². The second-order valence-corrected chi connectivity index (χ2v) is 13.1. The Hall–Kier alpha value is -4.39. The number of carbonyl (C=O) groups excluding carboxylic acids is 1. The Balaban J connectivity index is 1.61. The second-order valence-electron chi connectivity index (χ2n) is 13.1. The van der Waals surface area contributed by atoms with E-state index < -0.39 is 0 Å². The highest BCUT2D eigenvalue weighted by atomic mass is 16.1. The van der Waals surface area contributed by atoms with Gasteiger partial charge in [0.1, 0.15) is 17.7 Å². The Morgan fingerprint density at radius 2 is 1.75 bits per heavy atom. The summed E-state index contributed by atoms with van der Waals surface area (Å²) < 4.78 is 0. The molecule has 0 unspecified atom stereocenters. The highest BCUT2D eigenvalue weighted by molar-refractivity contribution is 6.11. The molecule has 9 heteroatoms. The average Bonchev–Trinajstić information content (AvgIpc) is 3.09. The number of allylic oxidation sites excluding steroid dienone is 2. The Bertz CT molecular complexity index is 1520. The van der Waals surface area contributed by atoms with Crippen molar-refractivity contribution in [2.75, 3.05) is 67.2 Å². The van der Waals surface area contributed by atoms with Gasteiger partial charge in [0.2, 0.25) is 5.91 Å². The van der Waals surface area contributed by atoms with E-state index in [4.69, 9.17) is 4.99 Å². The van der Waals surface area contributed by atoms with Gasteiger partial charge in [-0.2, -0.15) is 5.26 Å². The fourth-order valence-electron chi connectivity index (χ4n) is 6.26. The summed E-state index contributed by atoms with van der Waals surface area (Å²) in [5, 5.41) is 20.0. The second kappa shape index (κ2) is 18.2. The number of hydrogen-bond donors (Lipinski definition) is 3. The number of hydrogen-bond acceptors (Lipinski definition) is 7. The molecule has 2 aliphatic heterocycles. The zero-order chi connectivity index (χ0) is 34.5. The van der Waals surface area contributed by atoms with Gasteiger partial charge in [-0.15, -0.1) is 0 Å². The first-order valence-corrected chi connectivity index (χ1v) is 17.5. The average molecular weight is 651 g/mol. The third-order valence-electron chi connectivity index (χ3n) is 9.01. The molecule has 0 aromatic heterocycles. The number of carbonyl (C=O) groups is 1. The van der Waals surface area contributed by atoms with Crippen LogP contribution in [0.1, 0.15) is 58.9 Å². The smallest absolute Gasteiger partial charge is 0.247 e. The molecule has 48 heavy (non-hydrogen) atoms. The van der Waals surface area contributed by atoms with Crippen molar-refractivity contribution in [2.45, 2.75) is 65.8 Å². The van der Waals surface area contributed by atoms with Gasteiger partial charge in [0.05, 0.1) is 16.9 Å². The van der Waals surface area contributed by atoms with Crippen LogP contribution in [0.2, 0.25) is 0 Å². The van der Waals surface area contributed by atoms with Crippen LogP contribution in [0, 0.1) is 17.2 Å². The molecular formula is C39H54N8O. The molecule has 2 fully saturated rings. The van der Waals surface area contributed by atoms with E-state index in [2.05, 4.69) is 83.2 Å². The minimum atomic E-state index is -0.281. The highest BCUT2D eigenvalue weighted by Crippen LogP contribution is 2.32. The van der Waals surface area contributed by atoms with Crippen molar-refractivity contribution in [3.63, 3.8) is 0 Å². The minimum Gasteiger partial charge on any atom is -0.371 e. The number of nitrogens with zero attached hydrogens (tertiary/aromatic N) is 5. The van der Waals surface area contributed by atoms with E-state index in [9.17, 15) is 10.1 Å². The summed E-state index contributed by atoms with van der Waals surface area (Å²) in [6.45, 7) is 18.5. The molecular weight excluding hydrogens is 596 g/mol. The van der Waals surface area contributed by atoms with E-state index in [1.54, 1.807) is 6.08 Å². The van der Waals surface area contributed by atoms with Gasteiger partial charge >= 0.3 is 0 Å². The fraction of sp³-hybridized carbons (Fsp3) is 0.462. The lowest BCUT2D eigenvalue weighted by atomic mass is 10.0. The van der Waals surface area contributed by atoms with Crippen molar-refractivity contribution in [3.05, 3.63) is 84.2 Å². The van der Waals surface area contributed by atoms with Crippen LogP contribution >= 0.6 is 0 Å². The number of unbranched alkanes of at least 4 members (excludes halogenated alkanes) is 1. The van der Waals surface area contributed by atoms with Gasteiger partial charge in [-0.1, -0.05) is 58.0 Å². The molecule has 2 aliphatic rings. The number of benzene rings is 2. The molecule has 0 radical (unpaired) electrons. The number of para-hydroxylation sites is 1. The number of amides is 1. The standard InChI is InChI=1S/C39H54N8O/c1-7-10-15-37(44-39(30(8-2)28-40)43-34-14-12-11-13-31(34)26-29(4)5)41-35-17-16-33(27-36(35)42-38(48)9-3)46-20-18-32(19-21-46)47-24-22-45(6)23-25-47/h8-9,11-17,27,29,32,41H,3,7,10,18-26H2,1-2,4-6H3,(H,42,48)(H,43,44)/b30-8-,37-15+. The Morgan fingerprint density at radius 3 is 2.40 bits per heavy atom. The lowest BCUT2D eigenvalue weighted by Crippen LogP contribution is -2.52. The first kappa shape index (κ1) is 36.4. The van der Waals surface area contributed by atoms with Crippen molar-refractivity contribution < 1.29 is 4.79 Å². The molecule has 3 N–H and O–H groups in total. The molecule has 0 atom stereocenters. The highest BCUT2D eigenvalue weighted by Gasteiger charge is 2.27. The zero-order valence-electron chi connectivity index (χ0n) is 29.6. The predicted molar refractivity (Wildman–Crippen MR) is 202 cm³/mol. The number of nitrogens with one attached hydrogen (secondary N) is 3. The van der Waals surface area contributed by atoms with E-state index in [0.29, 0.717) is 40.6 Å². The fourth-order valence-corrected chi connectivity index (χ4v) is 6.26. The van der Waals surface area contributed by atoms with E-state index >= 15 is 0 Å². The largest absolute Gasteiger partial charge is 0.371 e. The van der Waals surface area contributed by atoms with Crippen LogP contribution in [0.4, 0.5) is 22.7 Å². The summed E-state index contributed by atoms with van der Waals surface area (Å²) in [5.41, 5.74) is 4.97. The van der Waals surface area contributed by atoms with Crippen LogP contribution in [-0.4, -0.2) is 73.9 Å². The Kier molecular flexibility index (Phi) is 13.8. The molecule has 2 saturated heterocycles. The van der Waals surface area contributed by atoms with Crippen molar-refractivity contribution in [1.82, 2.24) is 9.80 Å². The van der Waals surface area contributed by atoms with Gasteiger partial charge in [-0.05, 0) is 87.6 Å². The van der Waals surface area contributed by atoms with Crippen LogP contribution in [0.5, 0.6) is 0 Å². The number of amidine groups is 1. The van der Waals surface area contributed by atoms with Crippen molar-refractivity contribution in [3.8, 4) is 6.07 Å². The number of piperidine rings is 1. The Morgan fingerprint density at radius 1 is 1.02 bits per heavy atom. The monoisotopic (exact) mass is 650 g/mol. The van der Waals surface area contributed by atoms with Crippen LogP contribution in [-0.2, 0) is 11.2 Å². The number of aliphatic imine (C=N–C) groups is 1. The molecule has 2 aromatic carbocycles. The maximum absolute atomic E-state index is 12.6. The van der Waals surface area contributed by atoms with Gasteiger partial charge in [-0.25, -0.2) is 4.99 Å². The summed E-state index contributed by atoms with van der Waals surface area (Å²) in [6.07, 6.45) is 9.95. The number of piperazine rings is 1. The van der Waals surface area contributed by atoms with Gasteiger partial charge in [0.15, 0.2) is 0 Å². The predicted octanol–water partition coefficient (Wildman–Crippen LogP) is 7.26. The van der Waals surface area contributed by atoms with E-state index in [-0.39, 0.29) is 5.91 Å². The number of rotatable bonds is 13. The zero-order valence-corrected chi connectivity index (χ0v) is 29.6. The third-order valence-corrected chi connectivity index (χ3v) is 9.01. The molecule has 2 heterocycles.